The van der Waals surface area contributed by atoms with Gasteiger partial charge in [0.1, 0.15) is 11.6 Å². The summed E-state index contributed by atoms with van der Waals surface area (Å²) in [5.74, 6) is 1.68. The number of aromatic amines is 1. The molecule has 1 aromatic heterocycles. The summed E-state index contributed by atoms with van der Waals surface area (Å²) in [7, 11) is 0. The number of rotatable bonds is 4. The summed E-state index contributed by atoms with van der Waals surface area (Å²) >= 11 is 6.14. The molecule has 140 valence electrons. The average Bonchev–Trinajstić information content (AvgIpc) is 3.13. The fraction of sp³-hybridized carbons (Fsp3) is 0.333. The zero-order valence-corrected chi connectivity index (χ0v) is 15.9. The first kappa shape index (κ1) is 17.9. The third-order valence-corrected chi connectivity index (χ3v) is 5.33. The molecule has 1 aliphatic heterocycles. The van der Waals surface area contributed by atoms with E-state index in [4.69, 9.17) is 21.3 Å². The van der Waals surface area contributed by atoms with Gasteiger partial charge in [0.15, 0.2) is 6.10 Å². The third kappa shape index (κ3) is 3.78. The maximum Gasteiger partial charge on any atom is 0.263 e. The first-order valence-corrected chi connectivity index (χ1v) is 9.64. The lowest BCUT2D eigenvalue weighted by molar-refractivity contribution is -0.139. The number of para-hydroxylation sites is 3. The predicted molar refractivity (Wildman–Crippen MR) is 106 cm³/mol. The Kier molecular flexibility index (Phi) is 5.03. The van der Waals surface area contributed by atoms with Crippen molar-refractivity contribution < 1.29 is 9.53 Å². The van der Waals surface area contributed by atoms with Crippen molar-refractivity contribution in [3.63, 3.8) is 0 Å². The highest BCUT2D eigenvalue weighted by Crippen LogP contribution is 2.28. The number of imidazole rings is 1. The van der Waals surface area contributed by atoms with Crippen LogP contribution in [0.15, 0.2) is 48.5 Å². The number of nitrogens with zero attached hydrogens (tertiary/aromatic N) is 2. The van der Waals surface area contributed by atoms with Gasteiger partial charge < -0.3 is 14.6 Å². The Bertz CT molecular complexity index is 922. The van der Waals surface area contributed by atoms with E-state index in [1.165, 1.54) is 0 Å². The quantitative estimate of drug-likeness (QED) is 0.726. The van der Waals surface area contributed by atoms with Gasteiger partial charge in [-0.15, -0.1) is 0 Å². The van der Waals surface area contributed by atoms with E-state index in [-0.39, 0.29) is 11.8 Å². The van der Waals surface area contributed by atoms with E-state index in [9.17, 15) is 4.79 Å². The van der Waals surface area contributed by atoms with Gasteiger partial charge in [0.05, 0.1) is 16.1 Å². The van der Waals surface area contributed by atoms with Crippen molar-refractivity contribution in [1.82, 2.24) is 14.9 Å². The molecule has 3 aromatic rings. The lowest BCUT2D eigenvalue weighted by Crippen LogP contribution is -2.45. The van der Waals surface area contributed by atoms with Crippen molar-refractivity contribution in [2.24, 2.45) is 0 Å². The molecule has 0 spiro atoms. The van der Waals surface area contributed by atoms with Crippen LogP contribution in [0.5, 0.6) is 5.75 Å². The van der Waals surface area contributed by atoms with Crippen molar-refractivity contribution >= 4 is 28.5 Å². The summed E-state index contributed by atoms with van der Waals surface area (Å²) < 4.78 is 5.80. The number of hydrogen-bond acceptors (Lipinski definition) is 3. The molecule has 1 saturated heterocycles. The van der Waals surface area contributed by atoms with Crippen LogP contribution in [0, 0.1) is 0 Å². The van der Waals surface area contributed by atoms with Crippen LogP contribution in [-0.4, -0.2) is 40.0 Å². The maximum absolute atomic E-state index is 12.9. The smallest absolute Gasteiger partial charge is 0.263 e. The number of aromatic nitrogens is 2. The fourth-order valence-corrected chi connectivity index (χ4v) is 3.78. The summed E-state index contributed by atoms with van der Waals surface area (Å²) in [6.07, 6.45) is 1.38. The van der Waals surface area contributed by atoms with Gasteiger partial charge in [-0.25, -0.2) is 4.98 Å². The van der Waals surface area contributed by atoms with Gasteiger partial charge in [0.25, 0.3) is 5.91 Å². The molecule has 0 bridgehead atoms. The highest BCUT2D eigenvalue weighted by Gasteiger charge is 2.30. The zero-order valence-electron chi connectivity index (χ0n) is 15.2. The summed E-state index contributed by atoms with van der Waals surface area (Å²) in [6.45, 7) is 3.16. The highest BCUT2D eigenvalue weighted by molar-refractivity contribution is 6.32. The Labute approximate surface area is 163 Å². The van der Waals surface area contributed by atoms with Gasteiger partial charge in [-0.1, -0.05) is 35.9 Å². The Balaban J connectivity index is 1.45. The second-order valence-corrected chi connectivity index (χ2v) is 7.36. The van der Waals surface area contributed by atoms with Crippen LogP contribution in [-0.2, 0) is 4.79 Å². The van der Waals surface area contributed by atoms with Crippen LogP contribution < -0.4 is 4.74 Å². The van der Waals surface area contributed by atoms with Crippen LogP contribution in [0.2, 0.25) is 5.02 Å². The molecule has 1 amide bonds. The lowest BCUT2D eigenvalue weighted by Gasteiger charge is -2.33. The molecule has 1 aliphatic rings. The highest BCUT2D eigenvalue weighted by atomic mass is 35.5. The molecule has 2 aromatic carbocycles. The van der Waals surface area contributed by atoms with Crippen molar-refractivity contribution in [1.29, 1.82) is 0 Å². The Hall–Kier alpha value is -2.53. The molecule has 1 fully saturated rings. The molecule has 4 rings (SSSR count). The maximum atomic E-state index is 12.9. The number of benzene rings is 2. The SMILES string of the molecule is CC(Oc1ccccc1Cl)C(=O)N1CCCC(c2nc3ccccc3[nH]2)C1. The molecule has 2 unspecified atom stereocenters. The summed E-state index contributed by atoms with van der Waals surface area (Å²) in [5, 5.41) is 0.510. The molecular weight excluding hydrogens is 362 g/mol. The molecule has 2 atom stereocenters. The standard InChI is InChI=1S/C21H22ClN3O2/c1-14(27-19-11-5-2-8-16(19)22)21(26)25-12-6-7-15(13-25)20-23-17-9-3-4-10-18(17)24-20/h2-5,8-11,14-15H,6-7,12-13H2,1H3,(H,23,24). The monoisotopic (exact) mass is 383 g/mol. The number of halogens is 1. The van der Waals surface area contributed by atoms with Crippen molar-refractivity contribution in [2.45, 2.75) is 31.8 Å². The van der Waals surface area contributed by atoms with Crippen molar-refractivity contribution in [2.75, 3.05) is 13.1 Å². The van der Waals surface area contributed by atoms with Gasteiger partial charge in [0.2, 0.25) is 0 Å². The van der Waals surface area contributed by atoms with E-state index in [2.05, 4.69) is 4.98 Å². The van der Waals surface area contributed by atoms with E-state index in [1.807, 2.05) is 41.3 Å². The minimum Gasteiger partial charge on any atom is -0.479 e. The van der Waals surface area contributed by atoms with Gasteiger partial charge in [-0.2, -0.15) is 0 Å². The number of likely N-dealkylation sites (tertiary alicyclic amines) is 1. The first-order chi connectivity index (χ1) is 13.1. The Morgan fingerprint density at radius 3 is 2.85 bits per heavy atom. The zero-order chi connectivity index (χ0) is 18.8. The number of ether oxygens (including phenoxy) is 1. The summed E-state index contributed by atoms with van der Waals surface area (Å²) in [5.41, 5.74) is 2.00. The normalized spacial score (nSPS) is 18.4. The number of carbonyl (C=O) groups is 1. The van der Waals surface area contributed by atoms with Crippen molar-refractivity contribution in [3.8, 4) is 5.75 Å². The van der Waals surface area contributed by atoms with Gasteiger partial charge in [-0.3, -0.25) is 4.79 Å². The second kappa shape index (κ2) is 7.61. The number of nitrogens with one attached hydrogen (secondary N) is 1. The van der Waals surface area contributed by atoms with Crippen LogP contribution in [0.4, 0.5) is 0 Å². The molecule has 5 nitrogen and oxygen atoms in total. The van der Waals surface area contributed by atoms with Crippen molar-refractivity contribution in [3.05, 3.63) is 59.4 Å². The molecular formula is C21H22ClN3O2. The second-order valence-electron chi connectivity index (χ2n) is 6.95. The van der Waals surface area contributed by atoms with Gasteiger partial charge >= 0.3 is 0 Å². The molecule has 1 N–H and O–H groups in total. The van der Waals surface area contributed by atoms with E-state index in [0.29, 0.717) is 17.3 Å². The molecule has 0 saturated carbocycles. The molecule has 27 heavy (non-hydrogen) atoms. The number of H-pyrrole nitrogens is 1. The largest absolute Gasteiger partial charge is 0.479 e. The van der Waals surface area contributed by atoms with Crippen LogP contribution in [0.25, 0.3) is 11.0 Å². The van der Waals surface area contributed by atoms with Crippen LogP contribution in [0.3, 0.4) is 0 Å². The number of piperidine rings is 1. The summed E-state index contributed by atoms with van der Waals surface area (Å²) in [4.78, 5) is 22.9. The van der Waals surface area contributed by atoms with E-state index in [1.54, 1.807) is 19.1 Å². The molecule has 2 heterocycles. The number of carbonyl (C=O) groups excluding carboxylic acids is 1. The average molecular weight is 384 g/mol. The summed E-state index contributed by atoms with van der Waals surface area (Å²) in [6, 6.07) is 15.2. The van der Waals surface area contributed by atoms with Gasteiger partial charge in [0, 0.05) is 19.0 Å². The van der Waals surface area contributed by atoms with E-state index >= 15 is 0 Å². The minimum atomic E-state index is -0.584. The fourth-order valence-electron chi connectivity index (χ4n) is 3.60. The number of hydrogen-bond donors (Lipinski definition) is 1. The topological polar surface area (TPSA) is 58.2 Å². The third-order valence-electron chi connectivity index (χ3n) is 5.02. The number of amides is 1. The number of fused-ring (bicyclic) bond motifs is 1. The predicted octanol–water partition coefficient (Wildman–Crippen LogP) is 4.39. The molecule has 6 heteroatoms. The van der Waals surface area contributed by atoms with E-state index in [0.717, 1.165) is 36.2 Å². The minimum absolute atomic E-state index is 0.0178. The Morgan fingerprint density at radius 1 is 1.26 bits per heavy atom. The van der Waals surface area contributed by atoms with Gasteiger partial charge in [-0.05, 0) is 44.0 Å². The van der Waals surface area contributed by atoms with Crippen LogP contribution >= 0.6 is 11.6 Å². The van der Waals surface area contributed by atoms with Crippen LogP contribution in [0.1, 0.15) is 31.5 Å². The lowest BCUT2D eigenvalue weighted by atomic mass is 9.97. The molecule has 0 radical (unpaired) electrons. The Morgan fingerprint density at radius 2 is 2.04 bits per heavy atom. The first-order valence-electron chi connectivity index (χ1n) is 9.26. The van der Waals surface area contributed by atoms with E-state index < -0.39 is 6.10 Å². The molecule has 0 aliphatic carbocycles.